The highest BCUT2D eigenvalue weighted by Gasteiger charge is 2.09. The Labute approximate surface area is 105 Å². The molecule has 0 aliphatic carbocycles. The molecule has 0 fully saturated rings. The molecule has 0 aliphatic rings. The SMILES string of the molecule is Cc1c(N)cccc1Nc1cccc(F)c1C#N. The van der Waals surface area contributed by atoms with Crippen LogP contribution >= 0.6 is 0 Å². The van der Waals surface area contributed by atoms with Gasteiger partial charge in [-0.25, -0.2) is 4.39 Å². The van der Waals surface area contributed by atoms with Crippen LogP contribution in [0.15, 0.2) is 36.4 Å². The molecule has 0 aliphatic heterocycles. The molecular weight excluding hydrogens is 229 g/mol. The molecule has 0 aromatic heterocycles. The Kier molecular flexibility index (Phi) is 3.16. The van der Waals surface area contributed by atoms with Crippen molar-refractivity contribution in [1.29, 1.82) is 5.26 Å². The Hall–Kier alpha value is -2.54. The fraction of sp³-hybridized carbons (Fsp3) is 0.0714. The zero-order valence-corrected chi connectivity index (χ0v) is 9.87. The molecule has 3 N–H and O–H groups in total. The van der Waals surface area contributed by atoms with Crippen molar-refractivity contribution in [2.45, 2.75) is 6.92 Å². The second-order valence-corrected chi connectivity index (χ2v) is 3.92. The lowest BCUT2D eigenvalue weighted by Gasteiger charge is -2.12. The van der Waals surface area contributed by atoms with Gasteiger partial charge in [0.05, 0.1) is 5.69 Å². The summed E-state index contributed by atoms with van der Waals surface area (Å²) in [6.45, 7) is 1.86. The van der Waals surface area contributed by atoms with Crippen LogP contribution in [0.1, 0.15) is 11.1 Å². The average molecular weight is 241 g/mol. The van der Waals surface area contributed by atoms with E-state index in [0.29, 0.717) is 11.4 Å². The van der Waals surface area contributed by atoms with Crippen molar-refractivity contribution >= 4 is 17.1 Å². The molecule has 0 radical (unpaired) electrons. The zero-order chi connectivity index (χ0) is 13.1. The van der Waals surface area contributed by atoms with Crippen molar-refractivity contribution in [3.05, 3.63) is 53.3 Å². The first-order valence-electron chi connectivity index (χ1n) is 5.44. The van der Waals surface area contributed by atoms with E-state index in [1.165, 1.54) is 6.07 Å². The number of nitrogens with one attached hydrogen (secondary N) is 1. The number of hydrogen-bond acceptors (Lipinski definition) is 3. The van der Waals surface area contributed by atoms with Crippen molar-refractivity contribution in [2.24, 2.45) is 0 Å². The van der Waals surface area contributed by atoms with Gasteiger partial charge in [-0.15, -0.1) is 0 Å². The van der Waals surface area contributed by atoms with Gasteiger partial charge in [0.15, 0.2) is 0 Å². The summed E-state index contributed by atoms with van der Waals surface area (Å²) in [6, 6.07) is 11.7. The fourth-order valence-corrected chi connectivity index (χ4v) is 1.68. The molecule has 0 unspecified atom stereocenters. The number of benzene rings is 2. The number of rotatable bonds is 2. The van der Waals surface area contributed by atoms with Gasteiger partial charge < -0.3 is 11.1 Å². The molecular formula is C14H12FN3. The molecule has 0 spiro atoms. The molecule has 4 heteroatoms. The largest absolute Gasteiger partial charge is 0.398 e. The molecule has 18 heavy (non-hydrogen) atoms. The van der Waals surface area contributed by atoms with Crippen molar-refractivity contribution < 1.29 is 4.39 Å². The highest BCUT2D eigenvalue weighted by Crippen LogP contribution is 2.27. The van der Waals surface area contributed by atoms with Gasteiger partial charge >= 0.3 is 0 Å². The first-order chi connectivity index (χ1) is 8.63. The van der Waals surface area contributed by atoms with Crippen LogP contribution in [-0.4, -0.2) is 0 Å². The Bertz CT molecular complexity index is 629. The van der Waals surface area contributed by atoms with E-state index < -0.39 is 5.82 Å². The van der Waals surface area contributed by atoms with E-state index >= 15 is 0 Å². The summed E-state index contributed by atoms with van der Waals surface area (Å²) < 4.78 is 13.4. The third kappa shape index (κ3) is 2.11. The number of nitrogens with two attached hydrogens (primary N) is 1. The zero-order valence-electron chi connectivity index (χ0n) is 9.87. The number of nitrogens with zero attached hydrogens (tertiary/aromatic N) is 1. The normalized spacial score (nSPS) is 9.83. The molecule has 3 nitrogen and oxygen atoms in total. The van der Waals surface area contributed by atoms with E-state index in [1.54, 1.807) is 24.3 Å². The van der Waals surface area contributed by atoms with Gasteiger partial charge in [-0.3, -0.25) is 0 Å². The lowest BCUT2D eigenvalue weighted by atomic mass is 10.1. The topological polar surface area (TPSA) is 61.8 Å². The van der Waals surface area contributed by atoms with Gasteiger partial charge in [0.25, 0.3) is 0 Å². The van der Waals surface area contributed by atoms with E-state index in [1.807, 2.05) is 19.1 Å². The molecule has 0 bridgehead atoms. The summed E-state index contributed by atoms with van der Waals surface area (Å²) in [5, 5.41) is 12.0. The van der Waals surface area contributed by atoms with Gasteiger partial charge in [0.1, 0.15) is 17.4 Å². The summed E-state index contributed by atoms with van der Waals surface area (Å²) in [4.78, 5) is 0. The first kappa shape index (κ1) is 11.9. The highest BCUT2D eigenvalue weighted by molar-refractivity contribution is 5.72. The number of nitrogen functional groups attached to an aromatic ring is 1. The van der Waals surface area contributed by atoms with Gasteiger partial charge in [0, 0.05) is 11.4 Å². The van der Waals surface area contributed by atoms with E-state index in [0.717, 1.165) is 11.3 Å². The Balaban J connectivity index is 2.44. The van der Waals surface area contributed by atoms with Crippen LogP contribution in [0, 0.1) is 24.1 Å². The average Bonchev–Trinajstić information content (AvgIpc) is 2.35. The van der Waals surface area contributed by atoms with E-state index in [2.05, 4.69) is 5.32 Å². The Morgan fingerprint density at radius 1 is 1.17 bits per heavy atom. The predicted molar refractivity (Wildman–Crippen MR) is 70.0 cm³/mol. The third-order valence-electron chi connectivity index (χ3n) is 2.77. The minimum absolute atomic E-state index is 0.000625. The molecule has 0 atom stereocenters. The van der Waals surface area contributed by atoms with Gasteiger partial charge in [0.2, 0.25) is 0 Å². The van der Waals surface area contributed by atoms with Crippen LogP contribution in [-0.2, 0) is 0 Å². The minimum Gasteiger partial charge on any atom is -0.398 e. The third-order valence-corrected chi connectivity index (χ3v) is 2.77. The maximum atomic E-state index is 13.4. The van der Waals surface area contributed by atoms with Crippen LogP contribution in [0.5, 0.6) is 0 Å². The first-order valence-corrected chi connectivity index (χ1v) is 5.44. The Morgan fingerprint density at radius 2 is 1.83 bits per heavy atom. The fourth-order valence-electron chi connectivity index (χ4n) is 1.68. The summed E-state index contributed by atoms with van der Waals surface area (Å²) in [6.07, 6.45) is 0. The summed E-state index contributed by atoms with van der Waals surface area (Å²) in [5.74, 6) is -0.538. The number of hydrogen-bond donors (Lipinski definition) is 2. The molecule has 2 rings (SSSR count). The van der Waals surface area contributed by atoms with Crippen molar-refractivity contribution in [3.8, 4) is 6.07 Å². The number of anilines is 3. The van der Waals surface area contributed by atoms with Crippen molar-refractivity contribution in [2.75, 3.05) is 11.1 Å². The smallest absolute Gasteiger partial charge is 0.143 e. The van der Waals surface area contributed by atoms with E-state index in [4.69, 9.17) is 11.0 Å². The monoisotopic (exact) mass is 241 g/mol. The number of nitriles is 1. The van der Waals surface area contributed by atoms with E-state index in [9.17, 15) is 4.39 Å². The molecule has 90 valence electrons. The number of halogens is 1. The van der Waals surface area contributed by atoms with Crippen LogP contribution in [0.2, 0.25) is 0 Å². The minimum atomic E-state index is -0.538. The maximum absolute atomic E-state index is 13.4. The van der Waals surface area contributed by atoms with E-state index in [-0.39, 0.29) is 5.56 Å². The van der Waals surface area contributed by atoms with Crippen molar-refractivity contribution in [1.82, 2.24) is 0 Å². The van der Waals surface area contributed by atoms with Crippen molar-refractivity contribution in [3.63, 3.8) is 0 Å². The quantitative estimate of drug-likeness (QED) is 0.793. The van der Waals surface area contributed by atoms with Crippen LogP contribution in [0.3, 0.4) is 0 Å². The molecule has 0 saturated carbocycles. The summed E-state index contributed by atoms with van der Waals surface area (Å²) in [5.41, 5.74) is 8.51. The predicted octanol–water partition coefficient (Wildman–Crippen LogP) is 3.33. The van der Waals surface area contributed by atoms with Gasteiger partial charge in [-0.2, -0.15) is 5.26 Å². The second kappa shape index (κ2) is 4.76. The lowest BCUT2D eigenvalue weighted by molar-refractivity contribution is 0.624. The molecule has 0 heterocycles. The van der Waals surface area contributed by atoms with Crippen LogP contribution < -0.4 is 11.1 Å². The molecule has 2 aromatic carbocycles. The molecule has 0 saturated heterocycles. The maximum Gasteiger partial charge on any atom is 0.143 e. The Morgan fingerprint density at radius 3 is 2.56 bits per heavy atom. The summed E-state index contributed by atoms with van der Waals surface area (Å²) in [7, 11) is 0. The standard InChI is InChI=1S/C14H12FN3/c1-9-12(17)5-3-6-13(9)18-14-7-2-4-11(15)10(14)8-16/h2-7,18H,17H2,1H3. The second-order valence-electron chi connectivity index (χ2n) is 3.92. The van der Waals surface area contributed by atoms with Gasteiger partial charge in [-0.1, -0.05) is 12.1 Å². The summed E-state index contributed by atoms with van der Waals surface area (Å²) >= 11 is 0. The molecule has 0 amide bonds. The van der Waals surface area contributed by atoms with Crippen LogP contribution in [0.25, 0.3) is 0 Å². The lowest BCUT2D eigenvalue weighted by Crippen LogP contribution is -1.99. The van der Waals surface area contributed by atoms with Gasteiger partial charge in [-0.05, 0) is 36.8 Å². The molecule has 2 aromatic rings. The highest BCUT2D eigenvalue weighted by atomic mass is 19.1. The van der Waals surface area contributed by atoms with Crippen LogP contribution in [0.4, 0.5) is 21.5 Å².